The highest BCUT2D eigenvalue weighted by Crippen LogP contribution is 2.36. The van der Waals surface area contributed by atoms with E-state index in [2.05, 4.69) is 56.5 Å². The lowest BCUT2D eigenvalue weighted by Gasteiger charge is -2.34. The minimum absolute atomic E-state index is 0.0355. The molecule has 206 valence electrons. The maximum absolute atomic E-state index is 13.7. The molecule has 2 aromatic rings. The Hall–Kier alpha value is -3.05. The summed E-state index contributed by atoms with van der Waals surface area (Å²) >= 11 is 0. The Morgan fingerprint density at radius 3 is 2.84 bits per heavy atom. The van der Waals surface area contributed by atoms with E-state index in [1.54, 1.807) is 4.90 Å². The maximum atomic E-state index is 13.7. The van der Waals surface area contributed by atoms with Crippen LogP contribution in [0.5, 0.6) is 0 Å². The summed E-state index contributed by atoms with van der Waals surface area (Å²) in [6, 6.07) is 7.53. The van der Waals surface area contributed by atoms with Crippen LogP contribution >= 0.6 is 0 Å². The molecule has 11 heteroatoms. The summed E-state index contributed by atoms with van der Waals surface area (Å²) in [6.07, 6.45) is 1.91. The first-order chi connectivity index (χ1) is 18.4. The zero-order valence-corrected chi connectivity index (χ0v) is 22.1. The van der Waals surface area contributed by atoms with Gasteiger partial charge >= 0.3 is 0 Å². The zero-order chi connectivity index (χ0) is 26.6. The van der Waals surface area contributed by atoms with Crippen LogP contribution in [0, 0.1) is 0 Å². The third kappa shape index (κ3) is 5.83. The number of carbonyl (C=O) groups is 1. The number of aryl methyl sites for hydroxylation is 1. The molecule has 2 N–H and O–H groups in total. The van der Waals surface area contributed by atoms with Crippen LogP contribution in [0.4, 0.5) is 31.9 Å². The lowest BCUT2D eigenvalue weighted by atomic mass is 10.1. The van der Waals surface area contributed by atoms with Crippen molar-refractivity contribution in [3.05, 3.63) is 35.5 Å². The lowest BCUT2D eigenvalue weighted by Crippen LogP contribution is -2.44. The molecule has 1 amide bonds. The van der Waals surface area contributed by atoms with Crippen molar-refractivity contribution in [1.82, 2.24) is 19.8 Å². The average molecular weight is 530 g/mol. The standard InChI is InChI=1S/C27H37F2N7O2/c1-3-18-12-19(36-16-20-13-21(36)15-34(20)2)6-7-23(18)32-27-31-14-22(25(28)29)26(33-27)30-8-4-9-35-10-5-11-38-17-24(35)37/h6-7,12,14,20-21,25H,3-5,8-11,13,15-17H2,1-2H3,(H2,30,31,32,33). The van der Waals surface area contributed by atoms with E-state index in [1.807, 2.05) is 6.07 Å². The third-order valence-corrected chi connectivity index (χ3v) is 7.81. The number of rotatable bonds is 10. The number of nitrogens with zero attached hydrogens (tertiary/aromatic N) is 5. The van der Waals surface area contributed by atoms with Crippen molar-refractivity contribution in [1.29, 1.82) is 0 Å². The van der Waals surface area contributed by atoms with Gasteiger partial charge in [-0.2, -0.15) is 4.98 Å². The summed E-state index contributed by atoms with van der Waals surface area (Å²) in [5, 5.41) is 6.28. The maximum Gasteiger partial charge on any atom is 0.268 e. The van der Waals surface area contributed by atoms with Gasteiger partial charge in [-0.3, -0.25) is 9.69 Å². The molecule has 1 aromatic heterocycles. The van der Waals surface area contributed by atoms with Crippen LogP contribution in [0.1, 0.15) is 43.7 Å². The number of alkyl halides is 2. The van der Waals surface area contributed by atoms with Crippen molar-refractivity contribution in [3.8, 4) is 0 Å². The first kappa shape index (κ1) is 26.6. The Kier molecular flexibility index (Phi) is 8.23. The minimum Gasteiger partial charge on any atom is -0.372 e. The number of nitrogens with one attached hydrogen (secondary N) is 2. The van der Waals surface area contributed by atoms with E-state index in [0.29, 0.717) is 44.7 Å². The second-order valence-corrected chi connectivity index (χ2v) is 10.3. The van der Waals surface area contributed by atoms with Gasteiger partial charge in [0.2, 0.25) is 11.9 Å². The van der Waals surface area contributed by atoms with E-state index in [-0.39, 0.29) is 29.8 Å². The van der Waals surface area contributed by atoms with Gasteiger partial charge in [0.1, 0.15) is 12.4 Å². The topological polar surface area (TPSA) is 85.9 Å². The molecular weight excluding hydrogens is 492 g/mol. The number of ether oxygens (including phenoxy) is 1. The minimum atomic E-state index is -2.70. The molecule has 3 aliphatic rings. The fraction of sp³-hybridized carbons (Fsp3) is 0.593. The van der Waals surface area contributed by atoms with E-state index < -0.39 is 6.43 Å². The molecule has 2 unspecified atom stereocenters. The van der Waals surface area contributed by atoms with Crippen LogP contribution < -0.4 is 15.5 Å². The first-order valence-corrected chi connectivity index (χ1v) is 13.5. The molecule has 5 rings (SSSR count). The van der Waals surface area contributed by atoms with Crippen molar-refractivity contribution >= 4 is 29.0 Å². The van der Waals surface area contributed by atoms with Gasteiger partial charge in [-0.25, -0.2) is 13.8 Å². The van der Waals surface area contributed by atoms with Gasteiger partial charge in [-0.05, 0) is 56.5 Å². The lowest BCUT2D eigenvalue weighted by molar-refractivity contribution is -0.133. The second kappa shape index (κ2) is 11.8. The number of piperazine rings is 1. The average Bonchev–Trinajstić information content (AvgIpc) is 3.42. The normalized spacial score (nSPS) is 21.9. The Bertz CT molecular complexity index is 1130. The highest BCUT2D eigenvalue weighted by molar-refractivity contribution is 5.77. The summed E-state index contributed by atoms with van der Waals surface area (Å²) in [5.74, 6) is 0.336. The Morgan fingerprint density at radius 1 is 1.24 bits per heavy atom. The number of hydrogen-bond acceptors (Lipinski definition) is 8. The van der Waals surface area contributed by atoms with E-state index in [0.717, 1.165) is 37.2 Å². The van der Waals surface area contributed by atoms with Gasteiger partial charge in [0.05, 0.1) is 5.56 Å². The predicted molar refractivity (Wildman–Crippen MR) is 143 cm³/mol. The van der Waals surface area contributed by atoms with Crippen molar-refractivity contribution in [3.63, 3.8) is 0 Å². The van der Waals surface area contributed by atoms with Gasteiger partial charge in [0.15, 0.2) is 0 Å². The van der Waals surface area contributed by atoms with E-state index in [1.165, 1.54) is 18.3 Å². The second-order valence-electron chi connectivity index (χ2n) is 10.3. The molecular formula is C27H37F2N7O2. The molecule has 3 aliphatic heterocycles. The fourth-order valence-corrected chi connectivity index (χ4v) is 5.67. The largest absolute Gasteiger partial charge is 0.372 e. The van der Waals surface area contributed by atoms with Gasteiger partial charge in [-0.15, -0.1) is 0 Å². The van der Waals surface area contributed by atoms with Gasteiger partial charge in [-0.1, -0.05) is 6.92 Å². The SMILES string of the molecule is CCc1cc(N2CC3CC2CN3C)ccc1Nc1ncc(C(F)F)c(NCCCN2CCCOCC2=O)n1. The molecule has 3 fully saturated rings. The third-order valence-electron chi connectivity index (χ3n) is 7.81. The van der Waals surface area contributed by atoms with Crippen molar-refractivity contribution in [2.45, 2.75) is 51.1 Å². The number of hydrogen-bond donors (Lipinski definition) is 2. The number of amides is 1. The zero-order valence-electron chi connectivity index (χ0n) is 22.1. The molecule has 1 aromatic carbocycles. The molecule has 2 atom stereocenters. The van der Waals surface area contributed by atoms with Crippen LogP contribution in [0.2, 0.25) is 0 Å². The van der Waals surface area contributed by atoms with Crippen LogP contribution in [0.15, 0.2) is 24.4 Å². The van der Waals surface area contributed by atoms with Gasteiger partial charge < -0.3 is 25.2 Å². The molecule has 0 spiro atoms. The number of carbonyl (C=O) groups excluding carboxylic acids is 1. The van der Waals surface area contributed by atoms with E-state index in [9.17, 15) is 13.6 Å². The summed E-state index contributed by atoms with van der Waals surface area (Å²) in [6.45, 7) is 6.51. The summed E-state index contributed by atoms with van der Waals surface area (Å²) in [5.41, 5.74) is 2.98. The Balaban J connectivity index is 1.24. The van der Waals surface area contributed by atoms with Crippen LogP contribution in [-0.2, 0) is 16.0 Å². The summed E-state index contributed by atoms with van der Waals surface area (Å²) < 4.78 is 32.6. The molecule has 4 heterocycles. The number of anilines is 4. The molecule has 0 saturated carbocycles. The van der Waals surface area contributed by atoms with Crippen molar-refractivity contribution in [2.75, 3.05) is 68.5 Å². The number of benzene rings is 1. The number of likely N-dealkylation sites (tertiary alicyclic amines) is 1. The number of likely N-dealkylation sites (N-methyl/N-ethyl adjacent to an activating group) is 1. The summed E-state index contributed by atoms with van der Waals surface area (Å²) in [4.78, 5) is 27.3. The van der Waals surface area contributed by atoms with Crippen LogP contribution in [0.25, 0.3) is 0 Å². The first-order valence-electron chi connectivity index (χ1n) is 13.5. The Labute approximate surface area is 222 Å². The molecule has 0 radical (unpaired) electrons. The predicted octanol–water partition coefficient (Wildman–Crippen LogP) is 3.66. The number of halogens is 2. The van der Waals surface area contributed by atoms with Crippen molar-refractivity contribution < 1.29 is 18.3 Å². The molecule has 9 nitrogen and oxygen atoms in total. The monoisotopic (exact) mass is 529 g/mol. The fourth-order valence-electron chi connectivity index (χ4n) is 5.67. The highest BCUT2D eigenvalue weighted by Gasteiger charge is 2.41. The van der Waals surface area contributed by atoms with Crippen LogP contribution in [0.3, 0.4) is 0 Å². The number of aromatic nitrogens is 2. The van der Waals surface area contributed by atoms with E-state index >= 15 is 0 Å². The smallest absolute Gasteiger partial charge is 0.268 e. The van der Waals surface area contributed by atoms with Gasteiger partial charge in [0.25, 0.3) is 6.43 Å². The quantitative estimate of drug-likeness (QED) is 0.451. The molecule has 38 heavy (non-hydrogen) atoms. The Morgan fingerprint density at radius 2 is 2.11 bits per heavy atom. The summed E-state index contributed by atoms with van der Waals surface area (Å²) in [7, 11) is 2.20. The highest BCUT2D eigenvalue weighted by atomic mass is 19.3. The molecule has 0 aliphatic carbocycles. The molecule has 3 saturated heterocycles. The van der Waals surface area contributed by atoms with Gasteiger partial charge in [0, 0.05) is 69.0 Å². The molecule has 2 bridgehead atoms. The van der Waals surface area contributed by atoms with E-state index in [4.69, 9.17) is 4.74 Å². The van der Waals surface area contributed by atoms with Crippen molar-refractivity contribution in [2.24, 2.45) is 0 Å². The number of fused-ring (bicyclic) bond motifs is 2. The van der Waals surface area contributed by atoms with Crippen LogP contribution in [-0.4, -0.2) is 90.7 Å².